The van der Waals surface area contributed by atoms with Crippen molar-refractivity contribution in [1.82, 2.24) is 15.1 Å². The highest BCUT2D eigenvalue weighted by Gasteiger charge is 2.20. The van der Waals surface area contributed by atoms with Crippen molar-refractivity contribution in [2.45, 2.75) is 51.8 Å². The Balaban J connectivity index is 1.68. The van der Waals surface area contributed by atoms with Crippen LogP contribution in [0, 0.1) is 0 Å². The summed E-state index contributed by atoms with van der Waals surface area (Å²) in [6.07, 6.45) is 5.84. The molecule has 1 unspecified atom stereocenters. The van der Waals surface area contributed by atoms with Crippen LogP contribution in [0.1, 0.15) is 38.8 Å². The van der Waals surface area contributed by atoms with Crippen molar-refractivity contribution in [1.29, 1.82) is 0 Å². The number of rotatable bonds is 7. The van der Waals surface area contributed by atoms with Gasteiger partial charge in [0.15, 0.2) is 0 Å². The minimum atomic E-state index is 0.233. The second-order valence-corrected chi connectivity index (χ2v) is 5.74. The second kappa shape index (κ2) is 6.31. The molecule has 1 N–H and O–H groups in total. The third-order valence-electron chi connectivity index (χ3n) is 3.79. The zero-order valence-electron chi connectivity index (χ0n) is 12.7. The maximum absolute atomic E-state index is 5.87. The molecule has 1 aromatic carbocycles. The van der Waals surface area contributed by atoms with Gasteiger partial charge in [-0.3, -0.25) is 0 Å². The van der Waals surface area contributed by atoms with Crippen molar-refractivity contribution in [3.05, 3.63) is 42.2 Å². The van der Waals surface area contributed by atoms with E-state index in [-0.39, 0.29) is 6.10 Å². The van der Waals surface area contributed by atoms with Gasteiger partial charge in [0.05, 0.1) is 17.5 Å². The number of ether oxygens (including phenoxy) is 1. The van der Waals surface area contributed by atoms with Crippen molar-refractivity contribution >= 4 is 0 Å². The van der Waals surface area contributed by atoms with Gasteiger partial charge in [0.1, 0.15) is 5.75 Å². The monoisotopic (exact) mass is 285 g/mol. The summed E-state index contributed by atoms with van der Waals surface area (Å²) < 4.78 is 7.78. The summed E-state index contributed by atoms with van der Waals surface area (Å²) >= 11 is 0. The van der Waals surface area contributed by atoms with E-state index in [0.717, 1.165) is 30.1 Å². The molecular weight excluding hydrogens is 262 g/mol. The van der Waals surface area contributed by atoms with E-state index < -0.39 is 0 Å². The van der Waals surface area contributed by atoms with Crippen LogP contribution < -0.4 is 10.1 Å². The Labute approximate surface area is 126 Å². The molecule has 1 atom stereocenters. The first-order valence-corrected chi connectivity index (χ1v) is 7.79. The van der Waals surface area contributed by atoms with E-state index in [1.807, 2.05) is 29.1 Å². The molecule has 0 amide bonds. The fourth-order valence-corrected chi connectivity index (χ4v) is 2.15. The standard InChI is InChI=1S/C17H23N3O/c1-3-13(2)21-17-6-4-5-16(11-17)20-10-9-15(19-20)12-18-14-7-8-14/h4-6,9-11,13-14,18H,3,7-8,12H2,1-2H3. The molecule has 0 aliphatic heterocycles. The molecule has 0 saturated heterocycles. The molecular formula is C17H23N3O. The molecule has 1 aliphatic rings. The van der Waals surface area contributed by atoms with Crippen molar-refractivity contribution in [3.8, 4) is 11.4 Å². The van der Waals surface area contributed by atoms with Gasteiger partial charge in [-0.25, -0.2) is 4.68 Å². The summed E-state index contributed by atoms with van der Waals surface area (Å²) in [6.45, 7) is 5.06. The number of nitrogens with zero attached hydrogens (tertiary/aromatic N) is 2. The molecule has 1 aliphatic carbocycles. The Morgan fingerprint density at radius 1 is 1.38 bits per heavy atom. The van der Waals surface area contributed by atoms with Gasteiger partial charge in [-0.1, -0.05) is 13.0 Å². The highest BCUT2D eigenvalue weighted by Crippen LogP contribution is 2.20. The lowest BCUT2D eigenvalue weighted by molar-refractivity contribution is 0.217. The van der Waals surface area contributed by atoms with E-state index in [9.17, 15) is 0 Å². The van der Waals surface area contributed by atoms with E-state index in [2.05, 4.69) is 36.4 Å². The van der Waals surface area contributed by atoms with Crippen molar-refractivity contribution < 1.29 is 4.74 Å². The van der Waals surface area contributed by atoms with E-state index >= 15 is 0 Å². The van der Waals surface area contributed by atoms with E-state index in [1.54, 1.807) is 0 Å². The third-order valence-corrected chi connectivity index (χ3v) is 3.79. The van der Waals surface area contributed by atoms with Gasteiger partial charge < -0.3 is 10.1 Å². The Bertz CT molecular complexity index is 589. The largest absolute Gasteiger partial charge is 0.491 e. The molecule has 1 fully saturated rings. The van der Waals surface area contributed by atoms with E-state index in [0.29, 0.717) is 6.04 Å². The van der Waals surface area contributed by atoms with E-state index in [4.69, 9.17) is 4.74 Å². The first-order chi connectivity index (χ1) is 10.2. The maximum Gasteiger partial charge on any atom is 0.121 e. The smallest absolute Gasteiger partial charge is 0.121 e. The van der Waals surface area contributed by atoms with Crippen molar-refractivity contribution in [2.24, 2.45) is 0 Å². The van der Waals surface area contributed by atoms with Crippen LogP contribution in [0.2, 0.25) is 0 Å². The molecule has 4 heteroatoms. The molecule has 0 spiro atoms. The van der Waals surface area contributed by atoms with Crippen LogP contribution >= 0.6 is 0 Å². The lowest BCUT2D eigenvalue weighted by atomic mass is 10.3. The van der Waals surface area contributed by atoms with Gasteiger partial charge in [0, 0.05) is 24.8 Å². The molecule has 112 valence electrons. The fourth-order valence-electron chi connectivity index (χ4n) is 2.15. The molecule has 1 saturated carbocycles. The molecule has 2 aromatic rings. The zero-order valence-corrected chi connectivity index (χ0v) is 12.7. The maximum atomic E-state index is 5.87. The molecule has 0 bridgehead atoms. The van der Waals surface area contributed by atoms with Gasteiger partial charge in [-0.05, 0) is 44.4 Å². The number of benzene rings is 1. The van der Waals surface area contributed by atoms with Gasteiger partial charge in [-0.15, -0.1) is 0 Å². The highest BCUT2D eigenvalue weighted by atomic mass is 16.5. The Hall–Kier alpha value is -1.81. The average Bonchev–Trinajstić information content (AvgIpc) is 3.21. The Morgan fingerprint density at radius 2 is 2.24 bits per heavy atom. The predicted octanol–water partition coefficient (Wildman–Crippen LogP) is 3.30. The summed E-state index contributed by atoms with van der Waals surface area (Å²) in [6, 6.07) is 10.9. The minimum absolute atomic E-state index is 0.233. The van der Waals surface area contributed by atoms with Crippen LogP contribution in [0.3, 0.4) is 0 Å². The van der Waals surface area contributed by atoms with Gasteiger partial charge in [0.2, 0.25) is 0 Å². The van der Waals surface area contributed by atoms with Gasteiger partial charge >= 0.3 is 0 Å². The van der Waals surface area contributed by atoms with Crippen LogP contribution in [-0.4, -0.2) is 21.9 Å². The average molecular weight is 285 g/mol. The summed E-state index contributed by atoms with van der Waals surface area (Å²) in [5, 5.41) is 8.10. The molecule has 1 aromatic heterocycles. The van der Waals surface area contributed by atoms with Crippen LogP contribution in [0.5, 0.6) is 5.75 Å². The topological polar surface area (TPSA) is 39.1 Å². The number of nitrogens with one attached hydrogen (secondary N) is 1. The molecule has 21 heavy (non-hydrogen) atoms. The first-order valence-electron chi connectivity index (χ1n) is 7.79. The summed E-state index contributed by atoms with van der Waals surface area (Å²) in [4.78, 5) is 0. The number of hydrogen-bond acceptors (Lipinski definition) is 3. The fraction of sp³-hybridized carbons (Fsp3) is 0.471. The summed E-state index contributed by atoms with van der Waals surface area (Å²) in [5.74, 6) is 0.898. The van der Waals surface area contributed by atoms with Crippen molar-refractivity contribution in [2.75, 3.05) is 0 Å². The third kappa shape index (κ3) is 3.85. The van der Waals surface area contributed by atoms with E-state index in [1.165, 1.54) is 12.8 Å². The normalized spacial score (nSPS) is 15.9. The highest BCUT2D eigenvalue weighted by molar-refractivity contribution is 5.38. The number of aromatic nitrogens is 2. The first kappa shape index (κ1) is 14.1. The lowest BCUT2D eigenvalue weighted by Gasteiger charge is -2.13. The van der Waals surface area contributed by atoms with Crippen molar-refractivity contribution in [3.63, 3.8) is 0 Å². The van der Waals surface area contributed by atoms with Crippen LogP contribution in [-0.2, 0) is 6.54 Å². The molecule has 1 heterocycles. The number of hydrogen-bond donors (Lipinski definition) is 1. The second-order valence-electron chi connectivity index (χ2n) is 5.74. The lowest BCUT2D eigenvalue weighted by Crippen LogP contribution is -2.15. The summed E-state index contributed by atoms with van der Waals surface area (Å²) in [5.41, 5.74) is 2.11. The molecule has 3 rings (SSSR count). The molecule has 0 radical (unpaired) electrons. The quantitative estimate of drug-likeness (QED) is 0.848. The SMILES string of the molecule is CCC(C)Oc1cccc(-n2ccc(CNC3CC3)n2)c1. The molecule has 4 nitrogen and oxygen atoms in total. The van der Waals surface area contributed by atoms with Crippen LogP contribution in [0.25, 0.3) is 5.69 Å². The summed E-state index contributed by atoms with van der Waals surface area (Å²) in [7, 11) is 0. The van der Waals surface area contributed by atoms with Gasteiger partial charge in [-0.2, -0.15) is 5.10 Å². The van der Waals surface area contributed by atoms with Gasteiger partial charge in [0.25, 0.3) is 0 Å². The Morgan fingerprint density at radius 3 is 3.00 bits per heavy atom. The Kier molecular flexibility index (Phi) is 4.25. The van der Waals surface area contributed by atoms with Crippen LogP contribution in [0.4, 0.5) is 0 Å². The zero-order chi connectivity index (χ0) is 14.7. The minimum Gasteiger partial charge on any atom is -0.491 e. The predicted molar refractivity (Wildman–Crippen MR) is 83.8 cm³/mol. The van der Waals surface area contributed by atoms with Crippen LogP contribution in [0.15, 0.2) is 36.5 Å².